The zero-order valence-electron chi connectivity index (χ0n) is 13.0. The summed E-state index contributed by atoms with van der Waals surface area (Å²) in [6.07, 6.45) is -4.48. The quantitative estimate of drug-likeness (QED) is 0.628. The van der Waals surface area contributed by atoms with Gasteiger partial charge in [0.1, 0.15) is 6.61 Å². The Hall–Kier alpha value is -2.54. The molecule has 0 fully saturated rings. The second-order valence-electron chi connectivity index (χ2n) is 5.00. The second kappa shape index (κ2) is 7.57. The summed E-state index contributed by atoms with van der Waals surface area (Å²) in [6.45, 7) is -0.212. The van der Waals surface area contributed by atoms with Crippen LogP contribution in [0.4, 0.5) is 13.2 Å². The molecule has 0 aliphatic rings. The molecule has 0 heterocycles. The number of nitrogens with zero attached hydrogens (tertiary/aromatic N) is 1. The van der Waals surface area contributed by atoms with Crippen LogP contribution in [0.25, 0.3) is 0 Å². The first-order valence-corrected chi connectivity index (χ1v) is 7.39. The van der Waals surface area contributed by atoms with Crippen LogP contribution in [0.1, 0.15) is 27.0 Å². The number of rotatable bonds is 4. The predicted octanol–water partition coefficient (Wildman–Crippen LogP) is 4.65. The third-order valence-electron chi connectivity index (χ3n) is 3.32. The highest BCUT2D eigenvalue weighted by Crippen LogP contribution is 2.32. The number of alkyl halides is 3. The minimum atomic E-state index is -4.48. The fourth-order valence-corrected chi connectivity index (χ4v) is 2.21. The summed E-state index contributed by atoms with van der Waals surface area (Å²) >= 11 is 5.92. The van der Waals surface area contributed by atoms with E-state index in [-0.39, 0.29) is 28.7 Å². The van der Waals surface area contributed by atoms with E-state index in [1.807, 2.05) is 0 Å². The predicted molar refractivity (Wildman–Crippen MR) is 87.1 cm³/mol. The van der Waals surface area contributed by atoms with Gasteiger partial charge in [0, 0.05) is 23.2 Å². The van der Waals surface area contributed by atoms with Crippen molar-refractivity contribution in [1.82, 2.24) is 0 Å². The van der Waals surface area contributed by atoms with Gasteiger partial charge in [-0.25, -0.2) is 4.79 Å². The minimum absolute atomic E-state index is 0.0973. The highest BCUT2D eigenvalue weighted by Gasteiger charge is 2.31. The molecule has 4 nitrogen and oxygen atoms in total. The first-order chi connectivity index (χ1) is 11.7. The molecule has 0 spiro atoms. The van der Waals surface area contributed by atoms with Crippen molar-refractivity contribution in [1.29, 1.82) is 0 Å². The Morgan fingerprint density at radius 2 is 1.76 bits per heavy atom. The Morgan fingerprint density at radius 3 is 2.28 bits per heavy atom. The first-order valence-electron chi connectivity index (χ1n) is 7.01. The molecule has 0 saturated carbocycles. The van der Waals surface area contributed by atoms with E-state index in [1.165, 1.54) is 31.3 Å². The van der Waals surface area contributed by atoms with Crippen LogP contribution in [0.3, 0.4) is 0 Å². The summed E-state index contributed by atoms with van der Waals surface area (Å²) < 4.78 is 43.8. The maximum atomic E-state index is 12.8. The Morgan fingerprint density at radius 1 is 1.16 bits per heavy atom. The molecule has 0 unspecified atom stereocenters. The first kappa shape index (κ1) is 18.8. The fraction of sp³-hybridized carbons (Fsp3) is 0.176. The van der Waals surface area contributed by atoms with Crippen molar-refractivity contribution in [3.05, 3.63) is 69.7 Å². The molecule has 2 rings (SSSR count). The molecule has 0 saturated heterocycles. The monoisotopic (exact) mass is 371 g/mol. The molecule has 1 N–H and O–H groups in total. The lowest BCUT2D eigenvalue weighted by Crippen LogP contribution is -2.10. The maximum Gasteiger partial charge on any atom is 0.416 e. The second-order valence-corrected chi connectivity index (χ2v) is 5.41. The molecule has 0 bridgehead atoms. The average Bonchev–Trinajstić information content (AvgIpc) is 2.56. The van der Waals surface area contributed by atoms with Crippen molar-refractivity contribution < 1.29 is 27.8 Å². The highest BCUT2D eigenvalue weighted by atomic mass is 35.5. The van der Waals surface area contributed by atoms with Gasteiger partial charge < -0.3 is 9.84 Å². The molecular formula is C17H13ClF3NO3. The lowest BCUT2D eigenvalue weighted by atomic mass is 10.1. The van der Waals surface area contributed by atoms with Crippen LogP contribution < -0.4 is 0 Å². The number of hydrogen-bond donors (Lipinski definition) is 1. The van der Waals surface area contributed by atoms with Crippen LogP contribution >= 0.6 is 11.6 Å². The van der Waals surface area contributed by atoms with Crippen molar-refractivity contribution in [2.24, 2.45) is 4.99 Å². The van der Waals surface area contributed by atoms with E-state index >= 15 is 0 Å². The fourth-order valence-electron chi connectivity index (χ4n) is 2.04. The Bertz CT molecular complexity index is 802. The van der Waals surface area contributed by atoms with Crippen molar-refractivity contribution in [3.63, 3.8) is 0 Å². The standard InChI is InChI=1S/C17H13ClF3NO3/c1-22-15(10-2-4-11(5-3-10)16(23)24)25-9-12-8-13(17(19,20)21)6-7-14(12)18/h2-8H,9H2,1H3,(H,23,24)/b22-15-. The largest absolute Gasteiger partial charge is 0.478 e. The summed E-state index contributed by atoms with van der Waals surface area (Å²) in [4.78, 5) is 14.8. The molecule has 0 amide bonds. The molecule has 0 aliphatic carbocycles. The SMILES string of the molecule is C/N=C(\OCc1cc(C(F)(F)F)ccc1Cl)c1ccc(C(=O)O)cc1. The van der Waals surface area contributed by atoms with Crippen molar-refractivity contribution in [3.8, 4) is 0 Å². The minimum Gasteiger partial charge on any atom is -0.478 e. The molecule has 25 heavy (non-hydrogen) atoms. The third-order valence-corrected chi connectivity index (χ3v) is 3.69. The number of halogens is 4. The molecule has 0 atom stereocenters. The van der Waals surface area contributed by atoms with Gasteiger partial charge in [-0.15, -0.1) is 0 Å². The molecule has 0 aromatic heterocycles. The third kappa shape index (κ3) is 4.73. The van der Waals surface area contributed by atoms with Gasteiger partial charge >= 0.3 is 12.1 Å². The Balaban J connectivity index is 2.17. The maximum absolute atomic E-state index is 12.8. The molecule has 0 radical (unpaired) electrons. The number of benzene rings is 2. The topological polar surface area (TPSA) is 58.9 Å². The number of ether oxygens (including phenoxy) is 1. The molecule has 132 valence electrons. The van der Waals surface area contributed by atoms with Crippen LogP contribution in [-0.4, -0.2) is 24.0 Å². The van der Waals surface area contributed by atoms with Gasteiger partial charge in [0.05, 0.1) is 11.1 Å². The highest BCUT2D eigenvalue weighted by molar-refractivity contribution is 6.31. The summed E-state index contributed by atoms with van der Waals surface area (Å²) in [5.41, 5.74) is -0.0631. The molecular weight excluding hydrogens is 359 g/mol. The van der Waals surface area contributed by atoms with Gasteiger partial charge in [-0.1, -0.05) is 11.6 Å². The number of aromatic carboxylic acids is 1. The zero-order valence-corrected chi connectivity index (χ0v) is 13.7. The van der Waals surface area contributed by atoms with E-state index in [2.05, 4.69) is 4.99 Å². The van der Waals surface area contributed by atoms with Crippen LogP contribution in [0.15, 0.2) is 47.5 Å². The van der Waals surface area contributed by atoms with E-state index < -0.39 is 17.7 Å². The van der Waals surface area contributed by atoms with E-state index in [0.29, 0.717) is 5.56 Å². The summed E-state index contributed by atoms with van der Waals surface area (Å²) in [5.74, 6) is -0.913. The summed E-state index contributed by atoms with van der Waals surface area (Å²) in [7, 11) is 1.45. The molecule has 8 heteroatoms. The smallest absolute Gasteiger partial charge is 0.416 e. The van der Waals surface area contributed by atoms with Crippen LogP contribution in [0.5, 0.6) is 0 Å². The van der Waals surface area contributed by atoms with Gasteiger partial charge in [0.15, 0.2) is 0 Å². The van der Waals surface area contributed by atoms with E-state index in [0.717, 1.165) is 18.2 Å². The summed E-state index contributed by atoms with van der Waals surface area (Å²) in [5, 5.41) is 9.02. The van der Waals surface area contributed by atoms with Crippen LogP contribution in [0.2, 0.25) is 5.02 Å². The van der Waals surface area contributed by atoms with Crippen LogP contribution in [-0.2, 0) is 17.5 Å². The Labute approximate surface area is 146 Å². The lowest BCUT2D eigenvalue weighted by molar-refractivity contribution is -0.137. The molecule has 2 aromatic rings. The summed E-state index contributed by atoms with van der Waals surface area (Å²) in [6, 6.07) is 8.73. The van der Waals surface area contributed by atoms with Gasteiger partial charge in [-0.3, -0.25) is 4.99 Å². The van der Waals surface area contributed by atoms with Crippen molar-refractivity contribution >= 4 is 23.5 Å². The number of carbonyl (C=O) groups is 1. The van der Waals surface area contributed by atoms with Gasteiger partial charge in [0.2, 0.25) is 5.90 Å². The number of carboxylic acid groups (broad SMARTS) is 1. The molecule has 0 aliphatic heterocycles. The number of hydrogen-bond acceptors (Lipinski definition) is 3. The Kier molecular flexibility index (Phi) is 5.69. The van der Waals surface area contributed by atoms with Gasteiger partial charge in [-0.2, -0.15) is 13.2 Å². The van der Waals surface area contributed by atoms with E-state index in [9.17, 15) is 18.0 Å². The normalized spacial score (nSPS) is 12.1. The van der Waals surface area contributed by atoms with Crippen molar-refractivity contribution in [2.45, 2.75) is 12.8 Å². The zero-order chi connectivity index (χ0) is 18.6. The number of carboxylic acids is 1. The van der Waals surface area contributed by atoms with Gasteiger partial charge in [0.25, 0.3) is 0 Å². The number of aliphatic imine (C=N–C) groups is 1. The average molecular weight is 372 g/mol. The van der Waals surface area contributed by atoms with E-state index in [4.69, 9.17) is 21.4 Å². The molecule has 2 aromatic carbocycles. The van der Waals surface area contributed by atoms with E-state index in [1.54, 1.807) is 0 Å². The van der Waals surface area contributed by atoms with Crippen molar-refractivity contribution in [2.75, 3.05) is 7.05 Å². The van der Waals surface area contributed by atoms with Gasteiger partial charge in [-0.05, 0) is 42.5 Å². The lowest BCUT2D eigenvalue weighted by Gasteiger charge is -2.13. The van der Waals surface area contributed by atoms with Crippen LogP contribution in [0, 0.1) is 0 Å².